The molecular weight excluding hydrogens is 338 g/mol. The molecule has 1 aromatic heterocycles. The largest absolute Gasteiger partial charge is 0.368 e. The number of amides is 1. The van der Waals surface area contributed by atoms with Crippen molar-refractivity contribution in [3.8, 4) is 11.3 Å². The van der Waals surface area contributed by atoms with Gasteiger partial charge in [-0.15, -0.1) is 0 Å². The van der Waals surface area contributed by atoms with Crippen molar-refractivity contribution >= 4 is 5.91 Å². The lowest BCUT2D eigenvalue weighted by atomic mass is 10.1. The summed E-state index contributed by atoms with van der Waals surface area (Å²) >= 11 is 0. The van der Waals surface area contributed by atoms with Crippen LogP contribution in [0.25, 0.3) is 11.3 Å². The molecule has 1 amide bonds. The third-order valence-corrected chi connectivity index (χ3v) is 4.75. The second-order valence-corrected chi connectivity index (χ2v) is 6.77. The second-order valence-electron chi connectivity index (χ2n) is 6.77. The fraction of sp³-hybridized carbons (Fsp3) is 0.273. The number of carbonyl (C=O) groups excluding carboxylic acids is 1. The van der Waals surface area contributed by atoms with E-state index in [0.29, 0.717) is 19.7 Å². The van der Waals surface area contributed by atoms with Crippen molar-refractivity contribution in [1.29, 1.82) is 0 Å². The van der Waals surface area contributed by atoms with E-state index in [1.807, 2.05) is 59.4 Å². The van der Waals surface area contributed by atoms with Gasteiger partial charge in [-0.2, -0.15) is 5.10 Å². The van der Waals surface area contributed by atoms with Crippen molar-refractivity contribution in [1.82, 2.24) is 15.1 Å². The first-order chi connectivity index (χ1) is 13.3. The van der Waals surface area contributed by atoms with Crippen molar-refractivity contribution in [2.24, 2.45) is 0 Å². The summed E-state index contributed by atoms with van der Waals surface area (Å²) in [4.78, 5) is 12.3. The van der Waals surface area contributed by atoms with Gasteiger partial charge in [-0.1, -0.05) is 60.7 Å². The number of hydrogen-bond acceptors (Lipinski definition) is 3. The summed E-state index contributed by atoms with van der Waals surface area (Å²) in [6.07, 6.45) is 3.45. The van der Waals surface area contributed by atoms with Gasteiger partial charge in [0, 0.05) is 30.5 Å². The molecule has 1 unspecified atom stereocenters. The smallest absolute Gasteiger partial charge is 0.249 e. The van der Waals surface area contributed by atoms with E-state index in [-0.39, 0.29) is 12.0 Å². The highest BCUT2D eigenvalue weighted by atomic mass is 16.5. The van der Waals surface area contributed by atoms with Crippen LogP contribution in [0.3, 0.4) is 0 Å². The second kappa shape index (κ2) is 8.18. The maximum Gasteiger partial charge on any atom is 0.249 e. The Morgan fingerprint density at radius 1 is 1.11 bits per heavy atom. The molecule has 1 aliphatic rings. The summed E-state index contributed by atoms with van der Waals surface area (Å²) < 4.78 is 7.41. The van der Waals surface area contributed by atoms with E-state index < -0.39 is 0 Å². The molecule has 1 saturated heterocycles. The van der Waals surface area contributed by atoms with Crippen LogP contribution >= 0.6 is 0 Å². The highest BCUT2D eigenvalue weighted by Gasteiger charge is 2.23. The van der Waals surface area contributed by atoms with Crippen LogP contribution in [-0.2, 0) is 22.6 Å². The molecule has 1 N–H and O–H groups in total. The monoisotopic (exact) mass is 361 g/mol. The maximum absolute atomic E-state index is 12.3. The van der Waals surface area contributed by atoms with Crippen molar-refractivity contribution in [2.75, 3.05) is 6.61 Å². The number of nitrogens with zero attached hydrogens (tertiary/aromatic N) is 2. The Morgan fingerprint density at radius 2 is 1.85 bits per heavy atom. The Morgan fingerprint density at radius 3 is 2.56 bits per heavy atom. The number of aromatic nitrogens is 2. The van der Waals surface area contributed by atoms with Gasteiger partial charge in [0.25, 0.3) is 0 Å². The highest BCUT2D eigenvalue weighted by Crippen LogP contribution is 2.22. The summed E-state index contributed by atoms with van der Waals surface area (Å²) in [7, 11) is 0. The summed E-state index contributed by atoms with van der Waals surface area (Å²) in [5, 5.41) is 7.80. The SMILES string of the molecule is O=C(NCc1cn(Cc2ccccc2)nc1-c1ccccc1)C1CCCO1. The van der Waals surface area contributed by atoms with Gasteiger partial charge in [0.2, 0.25) is 5.91 Å². The van der Waals surface area contributed by atoms with Crippen LogP contribution in [0, 0.1) is 0 Å². The van der Waals surface area contributed by atoms with Gasteiger partial charge in [0.1, 0.15) is 6.10 Å². The molecule has 27 heavy (non-hydrogen) atoms. The third kappa shape index (κ3) is 4.26. The minimum atomic E-state index is -0.315. The zero-order valence-corrected chi connectivity index (χ0v) is 15.2. The molecule has 0 bridgehead atoms. The Hall–Kier alpha value is -2.92. The molecule has 1 atom stereocenters. The Balaban J connectivity index is 1.55. The molecule has 0 radical (unpaired) electrons. The summed E-state index contributed by atoms with van der Waals surface area (Å²) in [6.45, 7) is 1.81. The van der Waals surface area contributed by atoms with Crippen LogP contribution in [0.15, 0.2) is 66.9 Å². The zero-order chi connectivity index (χ0) is 18.5. The Labute approximate surface area is 159 Å². The average Bonchev–Trinajstić information content (AvgIpc) is 3.38. The molecule has 5 nitrogen and oxygen atoms in total. The van der Waals surface area contributed by atoms with E-state index in [1.54, 1.807) is 0 Å². The van der Waals surface area contributed by atoms with E-state index in [0.717, 1.165) is 29.7 Å². The molecule has 1 fully saturated rings. The van der Waals surface area contributed by atoms with Gasteiger partial charge in [-0.25, -0.2) is 0 Å². The van der Waals surface area contributed by atoms with Crippen LogP contribution < -0.4 is 5.32 Å². The van der Waals surface area contributed by atoms with Crippen LogP contribution in [0.2, 0.25) is 0 Å². The number of rotatable bonds is 6. The standard InChI is InChI=1S/C22H23N3O2/c26-22(20-12-7-13-27-20)23-14-19-16-25(15-17-8-3-1-4-9-17)24-21(19)18-10-5-2-6-11-18/h1-6,8-11,16,20H,7,12-15H2,(H,23,26). The molecule has 3 aromatic rings. The van der Waals surface area contributed by atoms with Crippen LogP contribution in [0.4, 0.5) is 0 Å². The Bertz CT molecular complexity index is 884. The molecule has 5 heteroatoms. The number of hydrogen-bond donors (Lipinski definition) is 1. The van der Waals surface area contributed by atoms with Crippen LogP contribution in [0.1, 0.15) is 24.0 Å². The minimum Gasteiger partial charge on any atom is -0.368 e. The van der Waals surface area contributed by atoms with E-state index in [9.17, 15) is 4.79 Å². The molecule has 0 spiro atoms. The number of benzene rings is 2. The fourth-order valence-corrected chi connectivity index (χ4v) is 3.36. The van der Waals surface area contributed by atoms with E-state index >= 15 is 0 Å². The zero-order valence-electron chi connectivity index (χ0n) is 15.2. The van der Waals surface area contributed by atoms with Gasteiger partial charge in [-0.3, -0.25) is 9.48 Å². The summed E-state index contributed by atoms with van der Waals surface area (Å²) in [6, 6.07) is 20.3. The molecule has 138 valence electrons. The number of carbonyl (C=O) groups is 1. The first-order valence-electron chi connectivity index (χ1n) is 9.34. The molecular formula is C22H23N3O2. The van der Waals surface area contributed by atoms with Crippen LogP contribution in [-0.4, -0.2) is 28.4 Å². The predicted molar refractivity (Wildman–Crippen MR) is 104 cm³/mol. The predicted octanol–water partition coefficient (Wildman–Crippen LogP) is 3.39. The number of nitrogens with one attached hydrogen (secondary N) is 1. The molecule has 4 rings (SSSR count). The van der Waals surface area contributed by atoms with Crippen molar-refractivity contribution in [3.05, 3.63) is 78.0 Å². The Kier molecular flexibility index (Phi) is 5.30. The van der Waals surface area contributed by atoms with Gasteiger partial charge >= 0.3 is 0 Å². The highest BCUT2D eigenvalue weighted by molar-refractivity contribution is 5.81. The quantitative estimate of drug-likeness (QED) is 0.732. The molecule has 2 heterocycles. The lowest BCUT2D eigenvalue weighted by molar-refractivity contribution is -0.130. The van der Waals surface area contributed by atoms with E-state index in [4.69, 9.17) is 9.84 Å². The summed E-state index contributed by atoms with van der Waals surface area (Å²) in [5.74, 6) is -0.0395. The van der Waals surface area contributed by atoms with Gasteiger partial charge < -0.3 is 10.1 Å². The van der Waals surface area contributed by atoms with Crippen molar-refractivity contribution in [3.63, 3.8) is 0 Å². The first-order valence-corrected chi connectivity index (χ1v) is 9.34. The molecule has 0 saturated carbocycles. The third-order valence-electron chi connectivity index (χ3n) is 4.75. The van der Waals surface area contributed by atoms with E-state index in [1.165, 1.54) is 5.56 Å². The fourth-order valence-electron chi connectivity index (χ4n) is 3.36. The van der Waals surface area contributed by atoms with Gasteiger partial charge in [0.05, 0.1) is 12.2 Å². The molecule has 0 aliphatic carbocycles. The normalized spacial score (nSPS) is 16.4. The molecule has 1 aliphatic heterocycles. The van der Waals surface area contributed by atoms with E-state index in [2.05, 4.69) is 17.4 Å². The molecule has 2 aromatic carbocycles. The van der Waals surface area contributed by atoms with Crippen LogP contribution in [0.5, 0.6) is 0 Å². The first kappa shape index (κ1) is 17.5. The summed E-state index contributed by atoms with van der Waals surface area (Å²) in [5.41, 5.74) is 4.14. The topological polar surface area (TPSA) is 56.2 Å². The number of ether oxygens (including phenoxy) is 1. The lowest BCUT2D eigenvalue weighted by Gasteiger charge is -2.10. The lowest BCUT2D eigenvalue weighted by Crippen LogP contribution is -2.33. The average molecular weight is 361 g/mol. The van der Waals surface area contributed by atoms with Gasteiger partial charge in [0.15, 0.2) is 0 Å². The maximum atomic E-state index is 12.3. The van der Waals surface area contributed by atoms with Crippen molar-refractivity contribution < 1.29 is 9.53 Å². The minimum absolute atomic E-state index is 0.0395. The van der Waals surface area contributed by atoms with Gasteiger partial charge in [-0.05, 0) is 18.4 Å². The van der Waals surface area contributed by atoms with Crippen molar-refractivity contribution in [2.45, 2.75) is 32.0 Å².